The quantitative estimate of drug-likeness (QED) is 0.688. The van der Waals surface area contributed by atoms with Crippen LogP contribution in [-0.4, -0.2) is 52.0 Å². The second kappa shape index (κ2) is 6.25. The minimum absolute atomic E-state index is 0.245. The van der Waals surface area contributed by atoms with Gasteiger partial charge in [0.15, 0.2) is 5.82 Å². The zero-order chi connectivity index (χ0) is 17.4. The lowest BCUT2D eigenvalue weighted by Crippen LogP contribution is -2.44. The molecule has 25 heavy (non-hydrogen) atoms. The number of ether oxygens (including phenoxy) is 1. The lowest BCUT2D eigenvalue weighted by atomic mass is 10.2. The van der Waals surface area contributed by atoms with Crippen molar-refractivity contribution in [2.75, 3.05) is 24.7 Å². The summed E-state index contributed by atoms with van der Waals surface area (Å²) in [5, 5.41) is 0. The Kier molecular flexibility index (Phi) is 3.93. The van der Waals surface area contributed by atoms with E-state index in [2.05, 4.69) is 33.5 Å². The summed E-state index contributed by atoms with van der Waals surface area (Å²) in [5.74, 6) is 2.78. The summed E-state index contributed by atoms with van der Waals surface area (Å²) in [6, 6.07) is 10.1. The molecule has 4 rings (SSSR count). The maximum atomic E-state index is 5.53. The van der Waals surface area contributed by atoms with Gasteiger partial charge in [-0.15, -0.1) is 0 Å². The van der Waals surface area contributed by atoms with Crippen LogP contribution in [0, 0.1) is 6.92 Å². The number of para-hydroxylation sites is 2. The molecule has 1 fully saturated rings. The highest BCUT2D eigenvalue weighted by molar-refractivity contribution is 5.77. The fourth-order valence-electron chi connectivity index (χ4n) is 3.20. The van der Waals surface area contributed by atoms with Crippen LogP contribution in [0.1, 0.15) is 12.7 Å². The van der Waals surface area contributed by atoms with Crippen molar-refractivity contribution in [3.63, 3.8) is 0 Å². The van der Waals surface area contributed by atoms with Gasteiger partial charge < -0.3 is 9.64 Å². The van der Waals surface area contributed by atoms with Crippen molar-refractivity contribution >= 4 is 29.4 Å². The van der Waals surface area contributed by atoms with E-state index < -0.39 is 0 Å². The smallest absolute Gasteiger partial charge is 0.239 e. The Bertz CT molecular complexity index is 934. The Hall–Kier alpha value is -2.80. The van der Waals surface area contributed by atoms with Crippen LogP contribution in [0.2, 0.25) is 0 Å². The van der Waals surface area contributed by atoms with E-state index in [1.807, 2.05) is 41.8 Å². The molecule has 0 amide bonds. The van der Waals surface area contributed by atoms with Gasteiger partial charge in [0, 0.05) is 12.6 Å². The molecule has 1 saturated heterocycles. The third kappa shape index (κ3) is 2.76. The molecule has 0 radical (unpaired) electrons. The Balaban J connectivity index is 1.88. The number of aliphatic imine (C=N–C) groups is 1. The van der Waals surface area contributed by atoms with E-state index in [0.717, 1.165) is 29.2 Å². The zero-order valence-electron chi connectivity index (χ0n) is 14.4. The van der Waals surface area contributed by atoms with E-state index in [1.165, 1.54) is 0 Å². The molecule has 1 aliphatic rings. The van der Waals surface area contributed by atoms with Crippen molar-refractivity contribution in [2.24, 2.45) is 4.99 Å². The van der Waals surface area contributed by atoms with Crippen molar-refractivity contribution in [1.29, 1.82) is 0 Å². The van der Waals surface area contributed by atoms with Gasteiger partial charge >= 0.3 is 0 Å². The molecule has 1 aromatic carbocycles. The highest BCUT2D eigenvalue weighted by Crippen LogP contribution is 2.25. The average molecular weight is 336 g/mol. The number of aryl methyl sites for hydroxylation is 1. The lowest BCUT2D eigenvalue weighted by molar-refractivity contribution is 0.0985. The molecule has 3 aromatic rings. The Morgan fingerprint density at radius 1 is 1.24 bits per heavy atom. The summed E-state index contributed by atoms with van der Waals surface area (Å²) in [7, 11) is 0. The first kappa shape index (κ1) is 15.7. The largest absolute Gasteiger partial charge is 0.377 e. The van der Waals surface area contributed by atoms with Crippen LogP contribution >= 0.6 is 0 Å². The fourth-order valence-corrected chi connectivity index (χ4v) is 3.20. The molecule has 7 heteroatoms. The molecular formula is C18H20N6O. The maximum absolute atomic E-state index is 5.53. The van der Waals surface area contributed by atoms with Crippen molar-refractivity contribution in [2.45, 2.75) is 19.9 Å². The number of nitrogens with zero attached hydrogens (tertiary/aromatic N) is 6. The monoisotopic (exact) mass is 336 g/mol. The third-order valence-electron chi connectivity index (χ3n) is 4.44. The Morgan fingerprint density at radius 2 is 2.08 bits per heavy atom. The summed E-state index contributed by atoms with van der Waals surface area (Å²) in [6.07, 6.45) is 0. The van der Waals surface area contributed by atoms with Gasteiger partial charge in [-0.1, -0.05) is 12.1 Å². The standard InChI is InChI=1S/C18H20N6O/c1-12-11-25-9-8-23(12)17-10-16(19-3)21-18(22-17)24-13(2)20-14-6-4-5-7-15(14)24/h4-7,10,12H,3,8-9,11H2,1-2H3/t12-/m1/s1. The molecule has 7 nitrogen and oxygen atoms in total. The normalized spacial score (nSPS) is 17.8. The molecule has 0 unspecified atom stereocenters. The van der Waals surface area contributed by atoms with Gasteiger partial charge in [-0.3, -0.25) is 4.57 Å². The number of fused-ring (bicyclic) bond motifs is 1. The molecule has 0 spiro atoms. The Morgan fingerprint density at radius 3 is 2.88 bits per heavy atom. The molecule has 1 atom stereocenters. The average Bonchev–Trinajstić information content (AvgIpc) is 2.97. The van der Waals surface area contributed by atoms with Crippen LogP contribution in [0.25, 0.3) is 17.0 Å². The first-order valence-electron chi connectivity index (χ1n) is 8.32. The second-order valence-corrected chi connectivity index (χ2v) is 6.14. The van der Waals surface area contributed by atoms with Crippen molar-refractivity contribution < 1.29 is 4.74 Å². The number of rotatable bonds is 3. The van der Waals surface area contributed by atoms with Crippen LogP contribution in [0.15, 0.2) is 35.3 Å². The first-order chi connectivity index (χ1) is 12.2. The van der Waals surface area contributed by atoms with Crippen molar-refractivity contribution in [3.8, 4) is 5.95 Å². The highest BCUT2D eigenvalue weighted by Gasteiger charge is 2.22. The lowest BCUT2D eigenvalue weighted by Gasteiger charge is -2.34. The van der Waals surface area contributed by atoms with Crippen LogP contribution in [-0.2, 0) is 4.74 Å². The SMILES string of the molecule is C=Nc1cc(N2CCOC[C@H]2C)nc(-n2c(C)nc3ccccc32)n1. The van der Waals surface area contributed by atoms with Gasteiger partial charge in [0.05, 0.1) is 30.3 Å². The maximum Gasteiger partial charge on any atom is 0.239 e. The van der Waals surface area contributed by atoms with Gasteiger partial charge in [-0.05, 0) is 32.7 Å². The van der Waals surface area contributed by atoms with Gasteiger partial charge in [-0.2, -0.15) is 9.97 Å². The molecule has 0 N–H and O–H groups in total. The fraction of sp³-hybridized carbons (Fsp3) is 0.333. The van der Waals surface area contributed by atoms with Gasteiger partial charge in [-0.25, -0.2) is 9.98 Å². The minimum atomic E-state index is 0.245. The molecule has 0 saturated carbocycles. The summed E-state index contributed by atoms with van der Waals surface area (Å²) in [6.45, 7) is 9.87. The molecule has 2 aromatic heterocycles. The highest BCUT2D eigenvalue weighted by atomic mass is 16.5. The number of aromatic nitrogens is 4. The predicted molar refractivity (Wildman–Crippen MR) is 98.2 cm³/mol. The number of hydrogen-bond acceptors (Lipinski definition) is 6. The number of morpholine rings is 1. The molecule has 0 bridgehead atoms. The van der Waals surface area contributed by atoms with Gasteiger partial charge in [0.1, 0.15) is 11.6 Å². The molecule has 0 aliphatic carbocycles. The second-order valence-electron chi connectivity index (χ2n) is 6.14. The van der Waals surface area contributed by atoms with Gasteiger partial charge in [0.25, 0.3) is 0 Å². The van der Waals surface area contributed by atoms with Crippen LogP contribution in [0.3, 0.4) is 0 Å². The molecule has 128 valence electrons. The van der Waals surface area contributed by atoms with E-state index in [4.69, 9.17) is 9.72 Å². The number of anilines is 1. The van der Waals surface area contributed by atoms with Crippen LogP contribution < -0.4 is 4.90 Å². The van der Waals surface area contributed by atoms with Crippen molar-refractivity contribution in [3.05, 3.63) is 36.2 Å². The van der Waals surface area contributed by atoms with Crippen molar-refractivity contribution in [1.82, 2.24) is 19.5 Å². The summed E-state index contributed by atoms with van der Waals surface area (Å²) >= 11 is 0. The topological polar surface area (TPSA) is 68.4 Å². The summed E-state index contributed by atoms with van der Waals surface area (Å²) < 4.78 is 7.49. The molecule has 1 aliphatic heterocycles. The molecule has 3 heterocycles. The first-order valence-corrected chi connectivity index (χ1v) is 8.32. The van der Waals surface area contributed by atoms with E-state index in [9.17, 15) is 0 Å². The summed E-state index contributed by atoms with van der Waals surface area (Å²) in [4.78, 5) is 20.2. The third-order valence-corrected chi connectivity index (χ3v) is 4.44. The van der Waals surface area contributed by atoms with E-state index in [-0.39, 0.29) is 6.04 Å². The van der Waals surface area contributed by atoms with E-state index >= 15 is 0 Å². The number of imidazole rings is 1. The predicted octanol–water partition coefficient (Wildman–Crippen LogP) is 2.68. The van der Waals surface area contributed by atoms with Crippen LogP contribution in [0.5, 0.6) is 0 Å². The van der Waals surface area contributed by atoms with Crippen LogP contribution in [0.4, 0.5) is 11.6 Å². The summed E-state index contributed by atoms with van der Waals surface area (Å²) in [5.41, 5.74) is 1.89. The number of benzene rings is 1. The Labute approximate surface area is 146 Å². The van der Waals surface area contributed by atoms with Gasteiger partial charge in [0.2, 0.25) is 5.95 Å². The zero-order valence-corrected chi connectivity index (χ0v) is 14.4. The minimum Gasteiger partial charge on any atom is -0.377 e. The van der Waals surface area contributed by atoms with E-state index in [0.29, 0.717) is 25.0 Å². The number of hydrogen-bond donors (Lipinski definition) is 0. The van der Waals surface area contributed by atoms with E-state index in [1.54, 1.807) is 0 Å². The molecular weight excluding hydrogens is 316 g/mol.